The maximum absolute atomic E-state index is 13.6. The molecule has 0 spiro atoms. The van der Waals surface area contributed by atoms with E-state index in [4.69, 9.17) is 20.4 Å². The van der Waals surface area contributed by atoms with Crippen molar-refractivity contribution in [3.8, 4) is 17.3 Å². The second-order valence-corrected chi connectivity index (χ2v) is 11.5. The Hall–Kier alpha value is -4.43. The molecule has 2 N–H and O–H groups in total. The molecule has 1 fully saturated rings. The van der Waals surface area contributed by atoms with Gasteiger partial charge in [0.05, 0.1) is 18.3 Å². The molecule has 3 aromatic heterocycles. The van der Waals surface area contributed by atoms with Gasteiger partial charge in [-0.2, -0.15) is 0 Å². The molecule has 0 radical (unpaired) electrons. The van der Waals surface area contributed by atoms with Crippen molar-refractivity contribution in [2.45, 2.75) is 51.2 Å². The largest absolute Gasteiger partial charge is 0.494 e. The van der Waals surface area contributed by atoms with E-state index in [2.05, 4.69) is 57.7 Å². The van der Waals surface area contributed by atoms with Gasteiger partial charge in [-0.15, -0.1) is 0 Å². The van der Waals surface area contributed by atoms with Crippen molar-refractivity contribution in [3.05, 3.63) is 83.6 Å². The molecule has 1 atom stereocenters. The van der Waals surface area contributed by atoms with E-state index in [1.807, 2.05) is 29.3 Å². The number of ether oxygens (including phenoxy) is 1. The SMILES string of the molecule is COc1cc(C(=O)N2CCCC(N)C2)cc2nc3n(c12)Cc1cccc(c1)/C=C\CCCCn1c-3cc2cccnc21. The highest BCUT2D eigenvalue weighted by Gasteiger charge is 2.26. The number of nitrogens with two attached hydrogens (primary N) is 1. The number of piperidine rings is 1. The van der Waals surface area contributed by atoms with Gasteiger partial charge in [-0.1, -0.05) is 30.4 Å². The minimum absolute atomic E-state index is 0.0105. The van der Waals surface area contributed by atoms with Crippen molar-refractivity contribution in [2.75, 3.05) is 20.2 Å². The second-order valence-electron chi connectivity index (χ2n) is 11.5. The normalized spacial score (nSPS) is 18.3. The van der Waals surface area contributed by atoms with Gasteiger partial charge in [0.2, 0.25) is 0 Å². The number of likely N-dealkylation sites (tertiary alicyclic amines) is 1. The third-order valence-corrected chi connectivity index (χ3v) is 8.51. The number of carbonyl (C=O) groups excluding carboxylic acids is 1. The molecule has 2 aliphatic rings. The molecule has 1 amide bonds. The van der Waals surface area contributed by atoms with Gasteiger partial charge < -0.3 is 24.5 Å². The second kappa shape index (κ2) is 11.1. The number of amides is 1. The van der Waals surface area contributed by atoms with Gasteiger partial charge in [0, 0.05) is 49.4 Å². The number of aromatic nitrogens is 4. The number of nitrogens with zero attached hydrogens (tertiary/aromatic N) is 5. The van der Waals surface area contributed by atoms with E-state index >= 15 is 0 Å². The summed E-state index contributed by atoms with van der Waals surface area (Å²) in [7, 11) is 1.66. The topological polar surface area (TPSA) is 91.2 Å². The summed E-state index contributed by atoms with van der Waals surface area (Å²) in [5, 5.41) is 1.08. The van der Waals surface area contributed by atoms with E-state index in [0.717, 1.165) is 72.2 Å². The fourth-order valence-electron chi connectivity index (χ4n) is 6.46. The Labute approximate surface area is 245 Å². The van der Waals surface area contributed by atoms with E-state index in [-0.39, 0.29) is 11.9 Å². The van der Waals surface area contributed by atoms with Crippen molar-refractivity contribution in [1.29, 1.82) is 0 Å². The molecule has 8 nitrogen and oxygen atoms in total. The standard InChI is InChI=1S/C34H36N6O2/c1-42-30-20-26(34(41)38-15-8-13-27(35)22-38)18-28-31(30)40-21-24-11-6-10-23(17-24)9-4-2-3-5-16-39-29(33(40)37-28)19-25-12-7-14-36-32(25)39/h4,6-7,9-12,14,17-20,27H,2-3,5,8,13,15-16,21-22,35H2,1H3/b9-4-. The van der Waals surface area contributed by atoms with Gasteiger partial charge in [-0.05, 0) is 79.6 Å². The molecule has 5 heterocycles. The number of hydrogen-bond acceptors (Lipinski definition) is 5. The highest BCUT2D eigenvalue weighted by atomic mass is 16.5. The summed E-state index contributed by atoms with van der Waals surface area (Å²) in [4.78, 5) is 25.5. The molecule has 8 heteroatoms. The van der Waals surface area contributed by atoms with Gasteiger partial charge >= 0.3 is 0 Å². The number of carbonyl (C=O) groups is 1. The highest BCUT2D eigenvalue weighted by molar-refractivity contribution is 6.00. The van der Waals surface area contributed by atoms with Crippen LogP contribution in [0, 0.1) is 0 Å². The maximum Gasteiger partial charge on any atom is 0.254 e. The number of fused-ring (bicyclic) bond motifs is 9. The third-order valence-electron chi connectivity index (χ3n) is 8.51. The molecule has 0 saturated carbocycles. The Balaban J connectivity index is 1.45. The monoisotopic (exact) mass is 560 g/mol. The first-order valence-electron chi connectivity index (χ1n) is 14.9. The summed E-state index contributed by atoms with van der Waals surface area (Å²) < 4.78 is 10.5. The Morgan fingerprint density at radius 1 is 1.02 bits per heavy atom. The minimum Gasteiger partial charge on any atom is -0.494 e. The quantitative estimate of drug-likeness (QED) is 0.292. The lowest BCUT2D eigenvalue weighted by molar-refractivity contribution is 0.0708. The Morgan fingerprint density at radius 3 is 2.83 bits per heavy atom. The Bertz CT molecular complexity index is 1820. The summed E-state index contributed by atoms with van der Waals surface area (Å²) in [6, 6.07) is 18.7. The molecule has 7 rings (SSSR count). The van der Waals surface area contributed by atoms with Crippen LogP contribution in [0.25, 0.3) is 39.7 Å². The lowest BCUT2D eigenvalue weighted by atomic mass is 10.0. The molecule has 2 aromatic carbocycles. The first-order valence-corrected chi connectivity index (χ1v) is 14.9. The predicted octanol–water partition coefficient (Wildman–Crippen LogP) is 5.87. The number of hydrogen-bond donors (Lipinski definition) is 1. The Morgan fingerprint density at radius 2 is 1.95 bits per heavy atom. The van der Waals surface area contributed by atoms with E-state index in [1.54, 1.807) is 7.11 Å². The average molecular weight is 561 g/mol. The van der Waals surface area contributed by atoms with E-state index < -0.39 is 0 Å². The zero-order chi connectivity index (χ0) is 28.6. The average Bonchev–Trinajstić information content (AvgIpc) is 3.56. The van der Waals surface area contributed by atoms with Crippen LogP contribution in [0.1, 0.15) is 53.6 Å². The maximum atomic E-state index is 13.6. The molecule has 1 saturated heterocycles. The van der Waals surface area contributed by atoms with Crippen LogP contribution in [0.3, 0.4) is 0 Å². The number of rotatable bonds is 2. The third kappa shape index (κ3) is 4.86. The van der Waals surface area contributed by atoms with Crippen LogP contribution in [0.4, 0.5) is 0 Å². The zero-order valence-electron chi connectivity index (χ0n) is 24.0. The van der Waals surface area contributed by atoms with Crippen LogP contribution in [-0.4, -0.2) is 56.2 Å². The van der Waals surface area contributed by atoms with Gasteiger partial charge in [-0.25, -0.2) is 9.97 Å². The number of imidazole rings is 1. The van der Waals surface area contributed by atoms with Crippen LogP contribution < -0.4 is 10.5 Å². The zero-order valence-corrected chi connectivity index (χ0v) is 24.0. The Kier molecular flexibility index (Phi) is 6.99. The van der Waals surface area contributed by atoms with E-state index in [9.17, 15) is 4.79 Å². The van der Waals surface area contributed by atoms with E-state index in [1.165, 1.54) is 11.1 Å². The molecule has 2 aliphatic heterocycles. The predicted molar refractivity (Wildman–Crippen MR) is 167 cm³/mol. The van der Waals surface area contributed by atoms with Gasteiger partial charge in [0.1, 0.15) is 16.9 Å². The molecule has 2 bridgehead atoms. The van der Waals surface area contributed by atoms with Crippen molar-refractivity contribution in [1.82, 2.24) is 24.0 Å². The van der Waals surface area contributed by atoms with Crippen LogP contribution in [0.2, 0.25) is 0 Å². The van der Waals surface area contributed by atoms with Gasteiger partial charge in [0.15, 0.2) is 5.82 Å². The summed E-state index contributed by atoms with van der Waals surface area (Å²) in [6.45, 7) is 2.72. The number of aryl methyl sites for hydroxylation is 1. The highest BCUT2D eigenvalue weighted by Crippen LogP contribution is 2.36. The molecular weight excluding hydrogens is 524 g/mol. The summed E-state index contributed by atoms with van der Waals surface area (Å²) in [5.74, 6) is 1.44. The number of methoxy groups -OCH3 is 1. The number of allylic oxidation sites excluding steroid dienone is 1. The van der Waals surface area contributed by atoms with Crippen LogP contribution >= 0.6 is 0 Å². The molecular formula is C34H36N6O2. The summed E-state index contributed by atoms with van der Waals surface area (Å²) >= 11 is 0. The molecule has 42 heavy (non-hydrogen) atoms. The van der Waals surface area contributed by atoms with Crippen molar-refractivity contribution in [3.63, 3.8) is 0 Å². The smallest absolute Gasteiger partial charge is 0.254 e. The van der Waals surface area contributed by atoms with Crippen molar-refractivity contribution >= 4 is 34.1 Å². The number of benzene rings is 2. The molecule has 214 valence electrons. The van der Waals surface area contributed by atoms with Gasteiger partial charge in [-0.3, -0.25) is 4.79 Å². The summed E-state index contributed by atoms with van der Waals surface area (Å²) in [6.07, 6.45) is 11.3. The fraction of sp³-hybridized carbons (Fsp3) is 0.324. The molecule has 5 aromatic rings. The molecule has 1 unspecified atom stereocenters. The van der Waals surface area contributed by atoms with Crippen molar-refractivity contribution in [2.24, 2.45) is 5.73 Å². The number of pyridine rings is 1. The van der Waals surface area contributed by atoms with Gasteiger partial charge in [0.25, 0.3) is 5.91 Å². The van der Waals surface area contributed by atoms with Crippen LogP contribution in [-0.2, 0) is 13.1 Å². The summed E-state index contributed by atoms with van der Waals surface area (Å²) in [5.41, 5.74) is 12.7. The first-order chi connectivity index (χ1) is 20.6. The van der Waals surface area contributed by atoms with Crippen LogP contribution in [0.15, 0.2) is 66.9 Å². The van der Waals surface area contributed by atoms with Crippen LogP contribution in [0.5, 0.6) is 5.75 Å². The minimum atomic E-state index is -0.0300. The van der Waals surface area contributed by atoms with Crippen molar-refractivity contribution < 1.29 is 9.53 Å². The lowest BCUT2D eigenvalue weighted by Gasteiger charge is -2.30. The molecule has 0 aliphatic carbocycles. The van der Waals surface area contributed by atoms with E-state index in [0.29, 0.717) is 30.9 Å². The lowest BCUT2D eigenvalue weighted by Crippen LogP contribution is -2.45. The first kappa shape index (κ1) is 26.5. The fourth-order valence-corrected chi connectivity index (χ4v) is 6.46.